The van der Waals surface area contributed by atoms with Gasteiger partial charge in [-0.15, -0.1) is 0 Å². The average Bonchev–Trinajstić information content (AvgIpc) is 2.40. The van der Waals surface area contributed by atoms with E-state index in [1.807, 2.05) is 0 Å². The Morgan fingerprint density at radius 2 is 1.84 bits per heavy atom. The van der Waals surface area contributed by atoms with Gasteiger partial charge in [0.1, 0.15) is 0 Å². The van der Waals surface area contributed by atoms with Gasteiger partial charge in [0.2, 0.25) is 0 Å². The van der Waals surface area contributed by atoms with Gasteiger partial charge in [-0.2, -0.15) is 0 Å². The zero-order valence-corrected chi connectivity index (χ0v) is 11.0. The minimum atomic E-state index is -2.34. The lowest BCUT2D eigenvalue weighted by atomic mass is 9.95. The molecule has 0 spiro atoms. The van der Waals surface area contributed by atoms with E-state index in [1.54, 1.807) is 32.2 Å². The molecule has 104 valence electrons. The molecule has 1 aromatic heterocycles. The SMILES string of the molecule is CCOC(=O)C(O)(Cc1cccnc1)C(=O)OCC. The molecule has 6 heteroatoms. The van der Waals surface area contributed by atoms with Crippen molar-refractivity contribution < 1.29 is 24.2 Å². The van der Waals surface area contributed by atoms with E-state index in [-0.39, 0.29) is 19.6 Å². The number of carbonyl (C=O) groups excluding carboxylic acids is 2. The van der Waals surface area contributed by atoms with Crippen LogP contribution in [0.5, 0.6) is 0 Å². The first-order valence-electron chi connectivity index (χ1n) is 6.00. The lowest BCUT2D eigenvalue weighted by molar-refractivity contribution is -0.183. The first kappa shape index (κ1) is 15.1. The molecule has 1 aromatic rings. The van der Waals surface area contributed by atoms with Crippen molar-refractivity contribution in [2.24, 2.45) is 0 Å². The van der Waals surface area contributed by atoms with Crippen LogP contribution in [-0.4, -0.2) is 40.8 Å². The van der Waals surface area contributed by atoms with E-state index in [0.29, 0.717) is 5.56 Å². The van der Waals surface area contributed by atoms with E-state index in [2.05, 4.69) is 4.98 Å². The second kappa shape index (κ2) is 6.84. The Hall–Kier alpha value is -1.95. The minimum absolute atomic E-state index is 0.0631. The van der Waals surface area contributed by atoms with Gasteiger partial charge in [0.25, 0.3) is 5.60 Å². The normalized spacial score (nSPS) is 10.9. The second-order valence-electron chi connectivity index (χ2n) is 3.84. The maximum absolute atomic E-state index is 11.8. The smallest absolute Gasteiger partial charge is 0.350 e. The highest BCUT2D eigenvalue weighted by molar-refractivity contribution is 6.03. The predicted molar refractivity (Wildman–Crippen MR) is 66.2 cm³/mol. The Balaban J connectivity index is 2.98. The zero-order valence-electron chi connectivity index (χ0n) is 11.0. The number of esters is 2. The summed E-state index contributed by atoms with van der Waals surface area (Å²) in [5, 5.41) is 10.3. The van der Waals surface area contributed by atoms with Crippen LogP contribution in [0.2, 0.25) is 0 Å². The van der Waals surface area contributed by atoms with Crippen molar-refractivity contribution in [3.63, 3.8) is 0 Å². The van der Waals surface area contributed by atoms with Crippen LogP contribution in [-0.2, 0) is 25.5 Å². The molecular weight excluding hydrogens is 250 g/mol. The van der Waals surface area contributed by atoms with Gasteiger partial charge < -0.3 is 14.6 Å². The summed E-state index contributed by atoms with van der Waals surface area (Å²) in [6.45, 7) is 3.31. The van der Waals surface area contributed by atoms with Gasteiger partial charge in [0.15, 0.2) is 0 Å². The molecule has 0 saturated carbocycles. The minimum Gasteiger partial charge on any atom is -0.463 e. The van der Waals surface area contributed by atoms with E-state index in [9.17, 15) is 14.7 Å². The fourth-order valence-electron chi connectivity index (χ4n) is 1.53. The molecular formula is C13H17NO5. The fourth-order valence-corrected chi connectivity index (χ4v) is 1.53. The molecule has 0 saturated heterocycles. The molecule has 0 aliphatic heterocycles. The number of carbonyl (C=O) groups is 2. The van der Waals surface area contributed by atoms with Gasteiger partial charge >= 0.3 is 11.9 Å². The van der Waals surface area contributed by atoms with Crippen LogP contribution in [0.25, 0.3) is 0 Å². The van der Waals surface area contributed by atoms with Crippen molar-refractivity contribution in [3.8, 4) is 0 Å². The number of aliphatic hydroxyl groups is 1. The molecule has 0 aliphatic rings. The van der Waals surface area contributed by atoms with E-state index in [4.69, 9.17) is 9.47 Å². The van der Waals surface area contributed by atoms with E-state index >= 15 is 0 Å². The van der Waals surface area contributed by atoms with Crippen LogP contribution in [0.1, 0.15) is 19.4 Å². The van der Waals surface area contributed by atoms with E-state index < -0.39 is 17.5 Å². The third-order valence-corrected chi connectivity index (χ3v) is 2.41. The van der Waals surface area contributed by atoms with Crippen LogP contribution in [0.3, 0.4) is 0 Å². The number of pyridine rings is 1. The van der Waals surface area contributed by atoms with Crippen molar-refractivity contribution in [1.82, 2.24) is 4.98 Å². The highest BCUT2D eigenvalue weighted by Gasteiger charge is 2.47. The first-order valence-corrected chi connectivity index (χ1v) is 6.00. The van der Waals surface area contributed by atoms with Gasteiger partial charge in [-0.1, -0.05) is 6.07 Å². The Bertz CT molecular complexity index is 414. The second-order valence-corrected chi connectivity index (χ2v) is 3.84. The summed E-state index contributed by atoms with van der Waals surface area (Å²) in [6, 6.07) is 3.29. The highest BCUT2D eigenvalue weighted by Crippen LogP contribution is 2.17. The van der Waals surface area contributed by atoms with Gasteiger partial charge in [-0.05, 0) is 25.5 Å². The fraction of sp³-hybridized carbons (Fsp3) is 0.462. The highest BCUT2D eigenvalue weighted by atomic mass is 16.6. The van der Waals surface area contributed by atoms with Crippen LogP contribution in [0.4, 0.5) is 0 Å². The molecule has 0 radical (unpaired) electrons. The molecule has 19 heavy (non-hydrogen) atoms. The van der Waals surface area contributed by atoms with Crippen molar-refractivity contribution in [2.45, 2.75) is 25.9 Å². The number of ether oxygens (including phenoxy) is 2. The first-order chi connectivity index (χ1) is 9.04. The summed E-state index contributed by atoms with van der Waals surface area (Å²) >= 11 is 0. The van der Waals surface area contributed by atoms with Gasteiger partial charge in [-0.25, -0.2) is 9.59 Å². The molecule has 0 unspecified atom stereocenters. The summed E-state index contributed by atoms with van der Waals surface area (Å²) < 4.78 is 9.47. The van der Waals surface area contributed by atoms with Crippen LogP contribution in [0, 0.1) is 0 Å². The number of hydrogen-bond acceptors (Lipinski definition) is 6. The molecule has 0 bridgehead atoms. The Morgan fingerprint density at radius 3 is 2.26 bits per heavy atom. The quantitative estimate of drug-likeness (QED) is 0.596. The van der Waals surface area contributed by atoms with Crippen LogP contribution >= 0.6 is 0 Å². The maximum atomic E-state index is 11.8. The van der Waals surface area contributed by atoms with Crippen molar-refractivity contribution in [3.05, 3.63) is 30.1 Å². The van der Waals surface area contributed by atoms with E-state index in [0.717, 1.165) is 0 Å². The van der Waals surface area contributed by atoms with Crippen LogP contribution < -0.4 is 0 Å². The number of nitrogens with zero attached hydrogens (tertiary/aromatic N) is 1. The van der Waals surface area contributed by atoms with Gasteiger partial charge in [0, 0.05) is 18.8 Å². The monoisotopic (exact) mass is 267 g/mol. The summed E-state index contributed by atoms with van der Waals surface area (Å²) in [6.07, 6.45) is 2.78. The standard InChI is InChI=1S/C13H17NO5/c1-3-18-11(15)13(17,12(16)19-4-2)8-10-6-5-7-14-9-10/h5-7,9,17H,3-4,8H2,1-2H3. The molecule has 0 fully saturated rings. The van der Waals surface area contributed by atoms with Gasteiger partial charge in [0.05, 0.1) is 13.2 Å². The maximum Gasteiger partial charge on any atom is 0.350 e. The lowest BCUT2D eigenvalue weighted by Gasteiger charge is -2.23. The molecule has 1 N–H and O–H groups in total. The molecule has 6 nitrogen and oxygen atoms in total. The Kier molecular flexibility index (Phi) is 5.44. The molecule has 0 aromatic carbocycles. The molecule has 0 atom stereocenters. The third-order valence-electron chi connectivity index (χ3n) is 2.41. The summed E-state index contributed by atoms with van der Waals surface area (Å²) in [4.78, 5) is 27.4. The van der Waals surface area contributed by atoms with Gasteiger partial charge in [-0.3, -0.25) is 4.98 Å². The molecule has 0 aliphatic carbocycles. The molecule has 0 amide bonds. The summed E-state index contributed by atoms with van der Waals surface area (Å²) in [5.74, 6) is -2.03. The topological polar surface area (TPSA) is 85.7 Å². The van der Waals surface area contributed by atoms with Crippen molar-refractivity contribution >= 4 is 11.9 Å². The predicted octanol–water partition coefficient (Wildman–Crippen LogP) is 0.481. The van der Waals surface area contributed by atoms with Crippen molar-refractivity contribution in [1.29, 1.82) is 0 Å². The van der Waals surface area contributed by atoms with Crippen molar-refractivity contribution in [2.75, 3.05) is 13.2 Å². The summed E-state index contributed by atoms with van der Waals surface area (Å²) in [5.41, 5.74) is -1.80. The average molecular weight is 267 g/mol. The van der Waals surface area contributed by atoms with Crippen LogP contribution in [0.15, 0.2) is 24.5 Å². The summed E-state index contributed by atoms with van der Waals surface area (Å²) in [7, 11) is 0. The van der Waals surface area contributed by atoms with E-state index in [1.165, 1.54) is 6.20 Å². The Labute approximate surface area is 111 Å². The number of hydrogen-bond donors (Lipinski definition) is 1. The number of aromatic nitrogens is 1. The lowest BCUT2D eigenvalue weighted by Crippen LogP contribution is -2.50. The molecule has 1 rings (SSSR count). The number of rotatable bonds is 6. The zero-order chi connectivity index (χ0) is 14.3. The third kappa shape index (κ3) is 3.75. The molecule has 1 heterocycles. The Morgan fingerprint density at radius 1 is 1.26 bits per heavy atom. The largest absolute Gasteiger partial charge is 0.463 e.